The summed E-state index contributed by atoms with van der Waals surface area (Å²) in [6.45, 7) is 0.483. The molecule has 1 saturated carbocycles. The van der Waals surface area contributed by atoms with E-state index in [2.05, 4.69) is 0 Å². The molecule has 0 aromatic heterocycles. The summed E-state index contributed by atoms with van der Waals surface area (Å²) < 4.78 is 11.3. The van der Waals surface area contributed by atoms with Crippen molar-refractivity contribution in [3.05, 3.63) is 70.7 Å². The van der Waals surface area contributed by atoms with Gasteiger partial charge in [0, 0.05) is 12.8 Å². The van der Waals surface area contributed by atoms with Crippen molar-refractivity contribution in [3.8, 4) is 0 Å². The van der Waals surface area contributed by atoms with Gasteiger partial charge in [-0.2, -0.15) is 0 Å². The van der Waals surface area contributed by atoms with Gasteiger partial charge in [-0.15, -0.1) is 0 Å². The van der Waals surface area contributed by atoms with E-state index in [1.165, 1.54) is 0 Å². The van der Waals surface area contributed by atoms with Gasteiger partial charge in [-0.1, -0.05) is 30.3 Å². The Bertz CT molecular complexity index is 636. The summed E-state index contributed by atoms with van der Waals surface area (Å²) in [5, 5.41) is 0. The Morgan fingerprint density at radius 3 is 2.71 bits per heavy atom. The highest BCUT2D eigenvalue weighted by molar-refractivity contribution is 6.03. The fourth-order valence-electron chi connectivity index (χ4n) is 2.70. The van der Waals surface area contributed by atoms with E-state index in [0.717, 1.165) is 34.6 Å². The normalized spacial score (nSPS) is 17.9. The van der Waals surface area contributed by atoms with Crippen LogP contribution in [0.15, 0.2) is 65.1 Å². The van der Waals surface area contributed by atoms with Crippen molar-refractivity contribution < 1.29 is 14.3 Å². The Morgan fingerprint density at radius 1 is 1.14 bits per heavy atom. The van der Waals surface area contributed by atoms with Crippen molar-refractivity contribution in [2.75, 3.05) is 7.11 Å². The summed E-state index contributed by atoms with van der Waals surface area (Å²) >= 11 is 0. The molecule has 1 fully saturated rings. The molecule has 0 heterocycles. The third-order valence-corrected chi connectivity index (χ3v) is 3.80. The van der Waals surface area contributed by atoms with Gasteiger partial charge in [-0.05, 0) is 29.7 Å². The fourth-order valence-corrected chi connectivity index (χ4v) is 2.70. The number of methoxy groups -OCH3 is 1. The number of allylic oxidation sites excluding steroid dienone is 4. The predicted molar refractivity (Wildman–Crippen MR) is 80.3 cm³/mol. The first kappa shape index (κ1) is 13.7. The Morgan fingerprint density at radius 2 is 1.95 bits per heavy atom. The van der Waals surface area contributed by atoms with Crippen molar-refractivity contribution in [2.24, 2.45) is 0 Å². The van der Waals surface area contributed by atoms with Crippen molar-refractivity contribution in [3.63, 3.8) is 0 Å². The zero-order chi connectivity index (χ0) is 14.7. The van der Waals surface area contributed by atoms with E-state index in [1.54, 1.807) is 7.11 Å². The Balaban J connectivity index is 1.85. The molecule has 1 aromatic carbocycles. The van der Waals surface area contributed by atoms with Crippen LogP contribution in [0.3, 0.4) is 0 Å². The van der Waals surface area contributed by atoms with E-state index >= 15 is 0 Å². The van der Waals surface area contributed by atoms with Crippen LogP contribution in [0, 0.1) is 0 Å². The second-order valence-corrected chi connectivity index (χ2v) is 5.18. The van der Waals surface area contributed by atoms with Crippen LogP contribution in [0.4, 0.5) is 0 Å². The molecule has 0 atom stereocenters. The second kappa shape index (κ2) is 6.00. The van der Waals surface area contributed by atoms with E-state index < -0.39 is 0 Å². The topological polar surface area (TPSA) is 35.5 Å². The molecular formula is C18H18O3. The smallest absolute Gasteiger partial charge is 0.166 e. The standard InChI is InChI=1S/C18H18O3/c1-20-15-8-10-17(18-14(11-15)7-9-16(18)19)21-12-13-5-3-2-4-6-13/h2-6,8,11H,7,9-10,12H2,1H3. The van der Waals surface area contributed by atoms with Gasteiger partial charge < -0.3 is 9.47 Å². The van der Waals surface area contributed by atoms with Gasteiger partial charge >= 0.3 is 0 Å². The zero-order valence-electron chi connectivity index (χ0n) is 12.1. The first-order valence-corrected chi connectivity index (χ1v) is 7.16. The molecule has 21 heavy (non-hydrogen) atoms. The highest BCUT2D eigenvalue weighted by atomic mass is 16.5. The maximum absolute atomic E-state index is 12.1. The van der Waals surface area contributed by atoms with Crippen LogP contribution in [0.25, 0.3) is 0 Å². The monoisotopic (exact) mass is 282 g/mol. The van der Waals surface area contributed by atoms with Gasteiger partial charge in [0.2, 0.25) is 0 Å². The van der Waals surface area contributed by atoms with Crippen molar-refractivity contribution in [1.29, 1.82) is 0 Å². The molecule has 108 valence electrons. The highest BCUT2D eigenvalue weighted by Crippen LogP contribution is 2.35. The number of ketones is 1. The molecule has 0 radical (unpaired) electrons. The molecular weight excluding hydrogens is 264 g/mol. The summed E-state index contributed by atoms with van der Waals surface area (Å²) in [5.41, 5.74) is 2.89. The number of benzene rings is 1. The minimum atomic E-state index is 0.176. The van der Waals surface area contributed by atoms with E-state index in [1.807, 2.05) is 42.5 Å². The van der Waals surface area contributed by atoms with E-state index in [-0.39, 0.29) is 5.78 Å². The summed E-state index contributed by atoms with van der Waals surface area (Å²) in [6, 6.07) is 9.99. The summed E-state index contributed by atoms with van der Waals surface area (Å²) in [4.78, 5) is 12.1. The Hall–Kier alpha value is -2.29. The summed E-state index contributed by atoms with van der Waals surface area (Å²) in [5.74, 6) is 1.74. The van der Waals surface area contributed by atoms with Crippen molar-refractivity contribution >= 4 is 5.78 Å². The predicted octanol–water partition coefficient (Wildman–Crippen LogP) is 3.68. The Kier molecular flexibility index (Phi) is 3.91. The molecule has 0 unspecified atom stereocenters. The summed E-state index contributed by atoms with van der Waals surface area (Å²) in [6.07, 6.45) is 5.85. The molecule has 0 N–H and O–H groups in total. The quantitative estimate of drug-likeness (QED) is 0.845. The maximum Gasteiger partial charge on any atom is 0.166 e. The van der Waals surface area contributed by atoms with Crippen LogP contribution >= 0.6 is 0 Å². The van der Waals surface area contributed by atoms with Crippen LogP contribution in [0.2, 0.25) is 0 Å². The highest BCUT2D eigenvalue weighted by Gasteiger charge is 2.28. The number of hydrogen-bond donors (Lipinski definition) is 0. The van der Waals surface area contributed by atoms with Crippen LogP contribution < -0.4 is 0 Å². The van der Waals surface area contributed by atoms with E-state index in [9.17, 15) is 4.79 Å². The third kappa shape index (κ3) is 2.92. The zero-order valence-corrected chi connectivity index (χ0v) is 12.1. The molecule has 0 bridgehead atoms. The minimum Gasteiger partial charge on any atom is -0.497 e. The number of carbonyl (C=O) groups is 1. The van der Waals surface area contributed by atoms with Gasteiger partial charge in [0.1, 0.15) is 18.1 Å². The van der Waals surface area contributed by atoms with Gasteiger partial charge in [-0.25, -0.2) is 0 Å². The molecule has 2 aliphatic rings. The maximum atomic E-state index is 12.1. The van der Waals surface area contributed by atoms with Gasteiger partial charge in [0.25, 0.3) is 0 Å². The minimum absolute atomic E-state index is 0.176. The molecule has 3 rings (SSSR count). The van der Waals surface area contributed by atoms with Crippen LogP contribution in [0.5, 0.6) is 0 Å². The lowest BCUT2D eigenvalue weighted by Crippen LogP contribution is -2.02. The molecule has 0 saturated heterocycles. The third-order valence-electron chi connectivity index (χ3n) is 3.80. The molecule has 3 nitrogen and oxygen atoms in total. The number of fused-ring (bicyclic) bond motifs is 1. The second-order valence-electron chi connectivity index (χ2n) is 5.18. The van der Waals surface area contributed by atoms with Crippen molar-refractivity contribution in [1.82, 2.24) is 0 Å². The van der Waals surface area contributed by atoms with Crippen LogP contribution in [-0.4, -0.2) is 12.9 Å². The van der Waals surface area contributed by atoms with E-state index in [0.29, 0.717) is 19.4 Å². The SMILES string of the molecule is COC1=CCC(OCc2ccccc2)=C2C(=O)CCC2=C1. The number of ether oxygens (including phenoxy) is 2. The molecule has 2 aliphatic carbocycles. The lowest BCUT2D eigenvalue weighted by Gasteiger charge is -2.11. The first-order chi connectivity index (χ1) is 10.3. The average Bonchev–Trinajstić information content (AvgIpc) is 2.78. The first-order valence-electron chi connectivity index (χ1n) is 7.16. The van der Waals surface area contributed by atoms with Gasteiger partial charge in [0.05, 0.1) is 12.7 Å². The molecule has 1 aromatic rings. The van der Waals surface area contributed by atoms with Gasteiger partial charge in [-0.3, -0.25) is 4.79 Å². The number of carbonyl (C=O) groups excluding carboxylic acids is 1. The van der Waals surface area contributed by atoms with Crippen LogP contribution in [-0.2, 0) is 20.9 Å². The lowest BCUT2D eigenvalue weighted by molar-refractivity contribution is -0.114. The largest absolute Gasteiger partial charge is 0.497 e. The molecule has 0 aliphatic heterocycles. The number of Topliss-reactive ketones (excluding diaryl/α,β-unsaturated/α-hetero) is 1. The number of hydrogen-bond acceptors (Lipinski definition) is 3. The average molecular weight is 282 g/mol. The van der Waals surface area contributed by atoms with Crippen LogP contribution in [0.1, 0.15) is 24.8 Å². The molecule has 0 amide bonds. The summed E-state index contributed by atoms with van der Waals surface area (Å²) in [7, 11) is 1.65. The fraction of sp³-hybridized carbons (Fsp3) is 0.278. The van der Waals surface area contributed by atoms with Gasteiger partial charge in [0.15, 0.2) is 5.78 Å². The van der Waals surface area contributed by atoms with E-state index in [4.69, 9.17) is 9.47 Å². The number of rotatable bonds is 4. The van der Waals surface area contributed by atoms with Crippen molar-refractivity contribution in [2.45, 2.75) is 25.9 Å². The Labute approximate surface area is 124 Å². The molecule has 0 spiro atoms. The lowest BCUT2D eigenvalue weighted by atomic mass is 10.1. The molecule has 3 heteroatoms.